The Hall–Kier alpha value is -1.48. The summed E-state index contributed by atoms with van der Waals surface area (Å²) in [7, 11) is 0. The van der Waals surface area contributed by atoms with Gasteiger partial charge in [-0.3, -0.25) is 4.79 Å². The van der Waals surface area contributed by atoms with Gasteiger partial charge in [-0.05, 0) is 48.6 Å². The van der Waals surface area contributed by atoms with E-state index in [1.807, 2.05) is 35.2 Å². The molecule has 1 saturated heterocycles. The average Bonchev–Trinajstić information content (AvgIpc) is 3.40. The van der Waals surface area contributed by atoms with Crippen LogP contribution in [0.4, 0.5) is 0 Å². The van der Waals surface area contributed by atoms with Gasteiger partial charge in [-0.15, -0.1) is 16.4 Å². The van der Waals surface area contributed by atoms with Crippen LogP contribution in [0.2, 0.25) is 0 Å². The first-order chi connectivity index (χ1) is 12.7. The molecule has 1 amide bonds. The van der Waals surface area contributed by atoms with E-state index in [0.29, 0.717) is 9.71 Å². The van der Waals surface area contributed by atoms with Gasteiger partial charge in [-0.2, -0.15) is 0 Å². The molecule has 0 aliphatic carbocycles. The molecule has 3 heterocycles. The van der Waals surface area contributed by atoms with Crippen LogP contribution in [0.3, 0.4) is 0 Å². The molecule has 1 atom stereocenters. The van der Waals surface area contributed by atoms with Crippen LogP contribution in [0.1, 0.15) is 23.8 Å². The fourth-order valence-corrected chi connectivity index (χ4v) is 6.22. The summed E-state index contributed by atoms with van der Waals surface area (Å²) in [5, 5.41) is 6.65. The van der Waals surface area contributed by atoms with E-state index < -0.39 is 0 Å². The zero-order chi connectivity index (χ0) is 17.9. The Balaban J connectivity index is 1.43. The second-order valence-electron chi connectivity index (χ2n) is 5.93. The van der Waals surface area contributed by atoms with Crippen molar-refractivity contribution in [3.63, 3.8) is 0 Å². The van der Waals surface area contributed by atoms with E-state index >= 15 is 0 Å². The minimum atomic E-state index is 0.179. The van der Waals surface area contributed by atoms with Crippen LogP contribution < -0.4 is 0 Å². The first kappa shape index (κ1) is 17.9. The number of carbonyl (C=O) groups excluding carboxylic acids is 1. The van der Waals surface area contributed by atoms with Gasteiger partial charge in [-0.25, -0.2) is 4.68 Å². The number of benzene rings is 1. The van der Waals surface area contributed by atoms with Crippen molar-refractivity contribution in [2.75, 3.05) is 12.3 Å². The Labute approximate surface area is 169 Å². The predicted octanol–water partition coefficient (Wildman–Crippen LogP) is 5.18. The van der Waals surface area contributed by atoms with Crippen LogP contribution in [-0.4, -0.2) is 32.9 Å². The third-order valence-corrected chi connectivity index (χ3v) is 7.62. The molecule has 0 radical (unpaired) electrons. The van der Waals surface area contributed by atoms with E-state index in [9.17, 15) is 4.79 Å². The molecule has 1 fully saturated rings. The van der Waals surface area contributed by atoms with Gasteiger partial charge < -0.3 is 4.90 Å². The highest BCUT2D eigenvalue weighted by molar-refractivity contribution is 8.01. The summed E-state index contributed by atoms with van der Waals surface area (Å²) >= 11 is 10.1. The predicted molar refractivity (Wildman–Crippen MR) is 111 cm³/mol. The number of rotatable bonds is 5. The number of aromatic nitrogens is 2. The highest BCUT2D eigenvalue weighted by atomic mass is 32.2. The maximum atomic E-state index is 12.7. The van der Waals surface area contributed by atoms with Crippen molar-refractivity contribution >= 4 is 52.6 Å². The number of hydrogen-bond acceptors (Lipinski definition) is 6. The molecule has 0 bridgehead atoms. The van der Waals surface area contributed by atoms with E-state index in [2.05, 4.69) is 22.6 Å². The topological polar surface area (TPSA) is 38.1 Å². The molecule has 8 heteroatoms. The monoisotopic (exact) mass is 419 g/mol. The Kier molecular flexibility index (Phi) is 5.54. The van der Waals surface area contributed by atoms with Gasteiger partial charge in [0.15, 0.2) is 8.29 Å². The fourth-order valence-electron chi connectivity index (χ4n) is 3.10. The highest BCUT2D eigenvalue weighted by Gasteiger charge is 2.30. The Bertz CT molecular complexity index is 933. The first-order valence-electron chi connectivity index (χ1n) is 8.33. The summed E-state index contributed by atoms with van der Waals surface area (Å²) in [5.74, 6) is 0.581. The number of thioether (sulfide) groups is 1. The van der Waals surface area contributed by atoms with Gasteiger partial charge in [0.25, 0.3) is 0 Å². The molecule has 1 unspecified atom stereocenters. The van der Waals surface area contributed by atoms with Crippen LogP contribution in [-0.2, 0) is 4.79 Å². The van der Waals surface area contributed by atoms with Gasteiger partial charge >= 0.3 is 0 Å². The lowest BCUT2D eigenvalue weighted by Gasteiger charge is -2.23. The third kappa shape index (κ3) is 3.78. The van der Waals surface area contributed by atoms with Crippen LogP contribution in [0, 0.1) is 3.95 Å². The lowest BCUT2D eigenvalue weighted by Crippen LogP contribution is -2.31. The second kappa shape index (κ2) is 8.04. The Morgan fingerprint density at radius 1 is 1.27 bits per heavy atom. The number of hydrogen-bond donors (Lipinski definition) is 0. The summed E-state index contributed by atoms with van der Waals surface area (Å²) < 4.78 is 3.29. The molecule has 4 rings (SSSR count). The number of nitrogens with zero attached hydrogens (tertiary/aromatic N) is 3. The van der Waals surface area contributed by atoms with E-state index in [-0.39, 0.29) is 11.9 Å². The van der Waals surface area contributed by atoms with Gasteiger partial charge in [0.1, 0.15) is 0 Å². The number of para-hydroxylation sites is 1. The maximum absolute atomic E-state index is 12.7. The van der Waals surface area contributed by atoms with Crippen molar-refractivity contribution in [2.24, 2.45) is 0 Å². The molecule has 2 aromatic heterocycles. The van der Waals surface area contributed by atoms with Crippen molar-refractivity contribution in [2.45, 2.75) is 23.2 Å². The fraction of sp³-hybridized carbons (Fsp3) is 0.278. The number of thiophene rings is 1. The SMILES string of the molecule is O=C(CSc1nn(-c2ccccc2)c(=S)s1)N1CCCC1c1cccs1. The standard InChI is InChI=1S/C18H17N3OS4/c22-16(20-10-4-8-14(20)15-9-5-11-24-15)12-25-17-19-21(18(23)26-17)13-6-2-1-3-7-13/h1-3,5-7,9,11,14H,4,8,10,12H2. The van der Waals surface area contributed by atoms with E-state index in [1.165, 1.54) is 28.0 Å². The molecule has 134 valence electrons. The van der Waals surface area contributed by atoms with Crippen molar-refractivity contribution < 1.29 is 4.79 Å². The average molecular weight is 420 g/mol. The smallest absolute Gasteiger partial charge is 0.233 e. The summed E-state index contributed by atoms with van der Waals surface area (Å²) in [4.78, 5) is 16.0. The van der Waals surface area contributed by atoms with Crippen molar-refractivity contribution in [1.29, 1.82) is 0 Å². The molecule has 1 aliphatic heterocycles. The normalized spacial score (nSPS) is 16.9. The summed E-state index contributed by atoms with van der Waals surface area (Å²) in [5.41, 5.74) is 0.948. The van der Waals surface area contributed by atoms with E-state index in [4.69, 9.17) is 12.2 Å². The van der Waals surface area contributed by atoms with E-state index in [1.54, 1.807) is 16.0 Å². The minimum absolute atomic E-state index is 0.179. The maximum Gasteiger partial charge on any atom is 0.233 e. The lowest BCUT2D eigenvalue weighted by molar-refractivity contribution is -0.129. The highest BCUT2D eigenvalue weighted by Crippen LogP contribution is 2.35. The minimum Gasteiger partial charge on any atom is -0.334 e. The van der Waals surface area contributed by atoms with E-state index in [0.717, 1.165) is 29.4 Å². The third-order valence-electron chi connectivity index (χ3n) is 4.29. The molecular weight excluding hydrogens is 402 g/mol. The van der Waals surface area contributed by atoms with Crippen molar-refractivity contribution in [3.8, 4) is 5.69 Å². The number of amides is 1. The molecule has 0 spiro atoms. The van der Waals surface area contributed by atoms with Crippen LogP contribution in [0.15, 0.2) is 52.2 Å². The molecule has 3 aromatic rings. The summed E-state index contributed by atoms with van der Waals surface area (Å²) in [6.45, 7) is 0.843. The van der Waals surface area contributed by atoms with Crippen LogP contribution >= 0.6 is 46.7 Å². The summed E-state index contributed by atoms with van der Waals surface area (Å²) in [6.07, 6.45) is 2.12. The molecule has 1 aliphatic rings. The summed E-state index contributed by atoms with van der Waals surface area (Å²) in [6, 6.07) is 14.3. The number of likely N-dealkylation sites (tertiary alicyclic amines) is 1. The first-order valence-corrected chi connectivity index (χ1v) is 11.4. The van der Waals surface area contributed by atoms with Gasteiger partial charge in [0.2, 0.25) is 5.91 Å². The lowest BCUT2D eigenvalue weighted by atomic mass is 10.2. The molecule has 0 N–H and O–H groups in total. The van der Waals surface area contributed by atoms with Gasteiger partial charge in [0.05, 0.1) is 17.5 Å². The van der Waals surface area contributed by atoms with Crippen LogP contribution in [0.25, 0.3) is 5.69 Å². The Morgan fingerprint density at radius 2 is 2.12 bits per heavy atom. The van der Waals surface area contributed by atoms with Gasteiger partial charge in [0, 0.05) is 11.4 Å². The second-order valence-corrected chi connectivity index (χ2v) is 9.75. The molecule has 1 aromatic carbocycles. The zero-order valence-corrected chi connectivity index (χ0v) is 17.2. The molecule has 4 nitrogen and oxygen atoms in total. The largest absolute Gasteiger partial charge is 0.334 e. The van der Waals surface area contributed by atoms with Crippen molar-refractivity contribution in [3.05, 3.63) is 56.7 Å². The Morgan fingerprint density at radius 3 is 2.88 bits per heavy atom. The van der Waals surface area contributed by atoms with Crippen LogP contribution in [0.5, 0.6) is 0 Å². The molecule has 0 saturated carbocycles. The quantitative estimate of drug-likeness (QED) is 0.422. The van der Waals surface area contributed by atoms with Gasteiger partial charge in [-0.1, -0.05) is 47.4 Å². The zero-order valence-electron chi connectivity index (χ0n) is 13.9. The molecule has 26 heavy (non-hydrogen) atoms. The molecular formula is C18H17N3OS4. The number of carbonyl (C=O) groups is 1. The van der Waals surface area contributed by atoms with Crippen molar-refractivity contribution in [1.82, 2.24) is 14.7 Å².